The highest BCUT2D eigenvalue weighted by Gasteiger charge is 2.46. The molecule has 1 aliphatic rings. The van der Waals surface area contributed by atoms with Crippen LogP contribution in [0.25, 0.3) is 0 Å². The van der Waals surface area contributed by atoms with Gasteiger partial charge in [-0.3, -0.25) is 0 Å². The maximum atomic E-state index is 9.90. The molecule has 0 aromatic carbocycles. The van der Waals surface area contributed by atoms with E-state index in [4.69, 9.17) is 4.74 Å². The number of methoxy groups -OCH3 is 1. The summed E-state index contributed by atoms with van der Waals surface area (Å²) in [7, 11) is 1.62. The van der Waals surface area contributed by atoms with E-state index in [-0.39, 0.29) is 5.41 Å². The highest BCUT2D eigenvalue weighted by atomic mass is 16.5. The number of allylic oxidation sites excluding steroid dienone is 1. The van der Waals surface area contributed by atoms with E-state index in [1.807, 2.05) is 13.8 Å². The summed E-state index contributed by atoms with van der Waals surface area (Å²) in [6.45, 7) is 6.03. The van der Waals surface area contributed by atoms with Crippen LogP contribution >= 0.6 is 0 Å². The van der Waals surface area contributed by atoms with Crippen molar-refractivity contribution in [1.29, 1.82) is 0 Å². The number of aliphatic hydroxyl groups is 1. The minimum absolute atomic E-state index is 0.0859. The quantitative estimate of drug-likeness (QED) is 0.657. The topological polar surface area (TPSA) is 29.5 Å². The van der Waals surface area contributed by atoms with Crippen molar-refractivity contribution in [2.45, 2.75) is 39.7 Å². The van der Waals surface area contributed by atoms with Gasteiger partial charge in [0.1, 0.15) is 11.9 Å². The Hall–Kier alpha value is -0.500. The van der Waals surface area contributed by atoms with E-state index < -0.39 is 6.10 Å². The highest BCUT2D eigenvalue weighted by molar-refractivity contribution is 5.15. The highest BCUT2D eigenvalue weighted by Crippen LogP contribution is 2.50. The van der Waals surface area contributed by atoms with Crippen LogP contribution in [0.2, 0.25) is 0 Å². The Kier molecular flexibility index (Phi) is 2.47. The smallest absolute Gasteiger partial charge is 0.123 e. The molecule has 70 valence electrons. The van der Waals surface area contributed by atoms with Crippen LogP contribution in [0.1, 0.15) is 33.6 Å². The zero-order valence-corrected chi connectivity index (χ0v) is 8.35. The van der Waals surface area contributed by atoms with Crippen LogP contribution in [0, 0.1) is 5.41 Å². The van der Waals surface area contributed by atoms with Crippen molar-refractivity contribution >= 4 is 0 Å². The lowest BCUT2D eigenvalue weighted by molar-refractivity contribution is 0.0737. The van der Waals surface area contributed by atoms with E-state index in [2.05, 4.69) is 6.92 Å². The van der Waals surface area contributed by atoms with Gasteiger partial charge in [-0.05, 0) is 32.3 Å². The molecule has 0 amide bonds. The zero-order valence-electron chi connectivity index (χ0n) is 8.35. The third-order valence-corrected chi connectivity index (χ3v) is 2.66. The molecule has 1 N–H and O–H groups in total. The average Bonchev–Trinajstić information content (AvgIpc) is 2.70. The predicted molar refractivity (Wildman–Crippen MR) is 48.7 cm³/mol. The molecule has 1 aliphatic carbocycles. The van der Waals surface area contributed by atoms with Crippen molar-refractivity contribution in [3.8, 4) is 0 Å². The van der Waals surface area contributed by atoms with E-state index in [9.17, 15) is 5.11 Å². The van der Waals surface area contributed by atoms with Gasteiger partial charge >= 0.3 is 0 Å². The number of hydrogen-bond donors (Lipinski definition) is 1. The molecule has 0 spiro atoms. The van der Waals surface area contributed by atoms with Gasteiger partial charge in [0.25, 0.3) is 0 Å². The fourth-order valence-corrected chi connectivity index (χ4v) is 1.38. The maximum absolute atomic E-state index is 9.90. The van der Waals surface area contributed by atoms with Gasteiger partial charge < -0.3 is 9.84 Å². The van der Waals surface area contributed by atoms with Gasteiger partial charge in [0, 0.05) is 5.41 Å². The van der Waals surface area contributed by atoms with E-state index in [1.165, 1.54) is 0 Å². The lowest BCUT2D eigenvalue weighted by atomic mass is 9.98. The molecule has 1 atom stereocenters. The fraction of sp³-hybridized carbons (Fsp3) is 0.800. The van der Waals surface area contributed by atoms with Crippen molar-refractivity contribution < 1.29 is 9.84 Å². The van der Waals surface area contributed by atoms with Crippen LogP contribution < -0.4 is 0 Å². The van der Waals surface area contributed by atoms with E-state index in [1.54, 1.807) is 7.11 Å². The molecular weight excluding hydrogens is 152 g/mol. The van der Waals surface area contributed by atoms with Crippen LogP contribution in [-0.2, 0) is 4.74 Å². The van der Waals surface area contributed by atoms with Gasteiger partial charge in [-0.2, -0.15) is 0 Å². The molecule has 0 radical (unpaired) electrons. The molecule has 1 saturated carbocycles. The summed E-state index contributed by atoms with van der Waals surface area (Å²) in [5, 5.41) is 9.90. The summed E-state index contributed by atoms with van der Waals surface area (Å²) in [6.07, 6.45) is 1.80. The Bertz CT molecular complexity index is 198. The minimum atomic E-state index is -0.410. The normalized spacial score (nSPS) is 21.4. The lowest BCUT2D eigenvalue weighted by Crippen LogP contribution is -2.23. The van der Waals surface area contributed by atoms with Gasteiger partial charge in [-0.1, -0.05) is 6.92 Å². The van der Waals surface area contributed by atoms with Gasteiger partial charge in [0.15, 0.2) is 0 Å². The van der Waals surface area contributed by atoms with Crippen molar-refractivity contribution in [3.63, 3.8) is 0 Å². The molecule has 0 aliphatic heterocycles. The Labute approximate surface area is 74.2 Å². The van der Waals surface area contributed by atoms with Crippen molar-refractivity contribution in [1.82, 2.24) is 0 Å². The Morgan fingerprint density at radius 3 is 2.17 bits per heavy atom. The second kappa shape index (κ2) is 3.09. The van der Waals surface area contributed by atoms with E-state index in [0.717, 1.165) is 24.2 Å². The number of aliphatic hydroxyl groups excluding tert-OH is 1. The summed E-state index contributed by atoms with van der Waals surface area (Å²) in [6, 6.07) is 0. The van der Waals surface area contributed by atoms with Gasteiger partial charge in [-0.25, -0.2) is 0 Å². The number of ether oxygens (including phenoxy) is 1. The van der Waals surface area contributed by atoms with Crippen LogP contribution in [0.5, 0.6) is 0 Å². The first-order chi connectivity index (χ1) is 5.51. The number of hydrogen-bond acceptors (Lipinski definition) is 2. The first-order valence-corrected chi connectivity index (χ1v) is 4.41. The van der Waals surface area contributed by atoms with Crippen molar-refractivity contribution in [2.24, 2.45) is 5.41 Å². The molecule has 2 heteroatoms. The largest absolute Gasteiger partial charge is 0.498 e. The minimum Gasteiger partial charge on any atom is -0.498 e. The van der Waals surface area contributed by atoms with Crippen LogP contribution in [0.4, 0.5) is 0 Å². The van der Waals surface area contributed by atoms with Gasteiger partial charge in [-0.15, -0.1) is 0 Å². The van der Waals surface area contributed by atoms with Crippen LogP contribution in [0.3, 0.4) is 0 Å². The molecule has 0 saturated heterocycles. The molecule has 0 aromatic heterocycles. The first kappa shape index (κ1) is 9.59. The number of rotatable bonds is 3. The van der Waals surface area contributed by atoms with Gasteiger partial charge in [0.05, 0.1) is 7.11 Å². The van der Waals surface area contributed by atoms with Crippen LogP contribution in [-0.4, -0.2) is 18.3 Å². The third-order valence-electron chi connectivity index (χ3n) is 2.66. The molecule has 0 aromatic rings. The summed E-state index contributed by atoms with van der Waals surface area (Å²) >= 11 is 0. The Balaban J connectivity index is 2.74. The first-order valence-electron chi connectivity index (χ1n) is 4.41. The van der Waals surface area contributed by atoms with Gasteiger partial charge in [0.2, 0.25) is 0 Å². The molecule has 0 heterocycles. The third kappa shape index (κ3) is 1.63. The molecule has 1 unspecified atom stereocenters. The monoisotopic (exact) mass is 170 g/mol. The van der Waals surface area contributed by atoms with Crippen molar-refractivity contribution in [2.75, 3.05) is 7.11 Å². The SMILES string of the molecule is COC(=C(C)C)C(O)C1(C)CC1. The summed E-state index contributed by atoms with van der Waals surface area (Å²) in [5.41, 5.74) is 1.15. The fourth-order valence-electron chi connectivity index (χ4n) is 1.38. The zero-order chi connectivity index (χ0) is 9.35. The average molecular weight is 170 g/mol. The molecule has 1 fully saturated rings. The predicted octanol–water partition coefficient (Wildman–Crippen LogP) is 2.09. The lowest BCUT2D eigenvalue weighted by Gasteiger charge is -2.21. The molecule has 12 heavy (non-hydrogen) atoms. The maximum Gasteiger partial charge on any atom is 0.123 e. The Morgan fingerprint density at radius 1 is 1.42 bits per heavy atom. The summed E-state index contributed by atoms with van der Waals surface area (Å²) in [4.78, 5) is 0. The molecular formula is C10H18O2. The summed E-state index contributed by atoms with van der Waals surface area (Å²) in [5.74, 6) is 0.745. The molecule has 2 nitrogen and oxygen atoms in total. The standard InChI is InChI=1S/C10H18O2/c1-7(2)8(12-4)9(11)10(3)5-6-10/h9,11H,5-6H2,1-4H3. The van der Waals surface area contributed by atoms with E-state index in [0.29, 0.717) is 0 Å². The van der Waals surface area contributed by atoms with E-state index >= 15 is 0 Å². The second-order valence-corrected chi connectivity index (χ2v) is 4.12. The molecule has 0 bridgehead atoms. The van der Waals surface area contributed by atoms with Crippen LogP contribution in [0.15, 0.2) is 11.3 Å². The van der Waals surface area contributed by atoms with Crippen molar-refractivity contribution in [3.05, 3.63) is 11.3 Å². The second-order valence-electron chi connectivity index (χ2n) is 4.12. The molecule has 1 rings (SSSR count). The Morgan fingerprint density at radius 2 is 1.92 bits per heavy atom. The summed E-state index contributed by atoms with van der Waals surface area (Å²) < 4.78 is 5.17.